The van der Waals surface area contributed by atoms with E-state index in [1.165, 1.54) is 18.7 Å². The highest BCUT2D eigenvalue weighted by Gasteiger charge is 2.26. The van der Waals surface area contributed by atoms with Crippen molar-refractivity contribution in [2.45, 2.75) is 25.5 Å². The maximum Gasteiger partial charge on any atom is 0.186 e. The van der Waals surface area contributed by atoms with Crippen LogP contribution >= 0.6 is 11.8 Å². The van der Waals surface area contributed by atoms with E-state index in [0.29, 0.717) is 5.56 Å². The van der Waals surface area contributed by atoms with Gasteiger partial charge in [-0.2, -0.15) is 5.10 Å². The fourth-order valence-electron chi connectivity index (χ4n) is 3.60. The van der Waals surface area contributed by atoms with E-state index < -0.39 is 0 Å². The number of benzene rings is 3. The average molecular weight is 441 g/mol. The molecule has 0 aliphatic carbocycles. The smallest absolute Gasteiger partial charge is 0.186 e. The third-order valence-corrected chi connectivity index (χ3v) is 6.25. The Morgan fingerprint density at radius 2 is 1.53 bits per heavy atom. The van der Waals surface area contributed by atoms with Gasteiger partial charge < -0.3 is 0 Å². The summed E-state index contributed by atoms with van der Waals surface area (Å²) in [6.07, 6.45) is 2.16. The lowest BCUT2D eigenvalue weighted by Crippen LogP contribution is -2.07. The highest BCUT2D eigenvalue weighted by Crippen LogP contribution is 2.39. The molecule has 160 valence electrons. The van der Waals surface area contributed by atoms with E-state index >= 15 is 0 Å². The molecule has 0 radical (unpaired) electrons. The van der Waals surface area contributed by atoms with E-state index in [2.05, 4.69) is 0 Å². The van der Waals surface area contributed by atoms with Crippen molar-refractivity contribution in [2.75, 3.05) is 0 Å². The highest BCUT2D eigenvalue weighted by molar-refractivity contribution is 8.13. The molecule has 0 N–H and O–H groups in total. The minimum absolute atomic E-state index is 0.00617. The normalized spacial score (nSPS) is 11.8. The second-order valence-electron chi connectivity index (χ2n) is 7.67. The van der Waals surface area contributed by atoms with Crippen molar-refractivity contribution >= 4 is 22.7 Å². The van der Waals surface area contributed by atoms with Gasteiger partial charge in [-0.05, 0) is 19.1 Å². The molecule has 4 nitrogen and oxygen atoms in total. The predicted octanol–water partition coefficient (Wildman–Crippen LogP) is 6.44. The van der Waals surface area contributed by atoms with Crippen LogP contribution in [0.4, 0.5) is 0 Å². The van der Waals surface area contributed by atoms with Crippen LogP contribution in [0.2, 0.25) is 0 Å². The van der Waals surface area contributed by atoms with Gasteiger partial charge in [0.25, 0.3) is 0 Å². The maximum atomic E-state index is 13.0. The minimum atomic E-state index is -0.339. The quantitative estimate of drug-likeness (QED) is 0.310. The van der Waals surface area contributed by atoms with E-state index in [-0.39, 0.29) is 22.6 Å². The lowest BCUT2D eigenvalue weighted by molar-refractivity contribution is -0.109. The zero-order chi connectivity index (χ0) is 22.5. The summed E-state index contributed by atoms with van der Waals surface area (Å²) in [4.78, 5) is 25.2. The van der Waals surface area contributed by atoms with Crippen molar-refractivity contribution < 1.29 is 9.59 Å². The molecular weight excluding hydrogens is 416 g/mol. The molecular formula is C27H24N2O2S. The van der Waals surface area contributed by atoms with Gasteiger partial charge >= 0.3 is 0 Å². The Balaban J connectivity index is 1.79. The summed E-state index contributed by atoms with van der Waals surface area (Å²) in [5.74, 6) is 0.00617. The average Bonchev–Trinajstić information content (AvgIpc) is 3.25. The summed E-state index contributed by atoms with van der Waals surface area (Å²) < 4.78 is 1.82. The van der Waals surface area contributed by atoms with Crippen molar-refractivity contribution in [3.63, 3.8) is 0 Å². The number of thioether (sulfide) groups is 1. The maximum absolute atomic E-state index is 13.0. The van der Waals surface area contributed by atoms with Crippen molar-refractivity contribution in [3.05, 3.63) is 108 Å². The first kappa shape index (κ1) is 21.8. The Kier molecular flexibility index (Phi) is 6.66. The Hall–Kier alpha value is -3.44. The number of nitrogens with zero attached hydrogens (tertiary/aromatic N) is 2. The van der Waals surface area contributed by atoms with Crippen LogP contribution in [0.5, 0.6) is 0 Å². The SMILES string of the molecule is CC(=O)S[C@H](CC(=O)c1ccccc1)c1cn(-c2ccccc2)nc1-c1ccc(C)cc1. The molecule has 0 aliphatic rings. The number of hydrogen-bond donors (Lipinski definition) is 0. The third-order valence-electron chi connectivity index (χ3n) is 5.21. The molecule has 1 aromatic heterocycles. The van der Waals surface area contributed by atoms with Gasteiger partial charge in [-0.25, -0.2) is 4.68 Å². The standard InChI is InChI=1S/C27H24N2O2S/c1-19-13-15-22(16-14-19)27-24(18-29(28-27)23-11-7-4-8-12-23)26(32-20(2)30)17-25(31)21-9-5-3-6-10-21/h3-16,18,26H,17H2,1-2H3/t26-/m1/s1. The molecule has 0 saturated heterocycles. The molecule has 1 heterocycles. The van der Waals surface area contributed by atoms with Crippen LogP contribution in [0.15, 0.2) is 91.1 Å². The van der Waals surface area contributed by atoms with Gasteiger partial charge in [0.1, 0.15) is 0 Å². The number of rotatable bonds is 7. The highest BCUT2D eigenvalue weighted by atomic mass is 32.2. The molecule has 5 heteroatoms. The van der Waals surface area contributed by atoms with Gasteiger partial charge in [0.15, 0.2) is 10.9 Å². The Morgan fingerprint density at radius 1 is 0.906 bits per heavy atom. The Bertz CT molecular complexity index is 1220. The molecule has 0 spiro atoms. The molecule has 0 aliphatic heterocycles. The Labute approximate surface area is 192 Å². The summed E-state index contributed by atoms with van der Waals surface area (Å²) >= 11 is 1.18. The molecule has 0 saturated carbocycles. The number of aromatic nitrogens is 2. The summed E-state index contributed by atoms with van der Waals surface area (Å²) in [5, 5.41) is 4.50. The number of aryl methyl sites for hydroxylation is 1. The molecule has 0 bridgehead atoms. The van der Waals surface area contributed by atoms with Crippen LogP contribution in [0, 0.1) is 6.92 Å². The van der Waals surface area contributed by atoms with Crippen molar-refractivity contribution in [2.24, 2.45) is 0 Å². The van der Waals surface area contributed by atoms with Gasteiger partial charge in [-0.1, -0.05) is 90.1 Å². The van der Waals surface area contributed by atoms with Crippen molar-refractivity contribution in [1.29, 1.82) is 0 Å². The van der Waals surface area contributed by atoms with Crippen LogP contribution in [0.3, 0.4) is 0 Å². The molecule has 4 rings (SSSR count). The first-order valence-electron chi connectivity index (χ1n) is 10.5. The third kappa shape index (κ3) is 5.06. The largest absolute Gasteiger partial charge is 0.294 e. The van der Waals surface area contributed by atoms with E-state index in [0.717, 1.165) is 28.1 Å². The van der Waals surface area contributed by atoms with Gasteiger partial charge in [-0.3, -0.25) is 9.59 Å². The second-order valence-corrected chi connectivity index (χ2v) is 9.05. The number of ketones is 1. The number of carbonyl (C=O) groups excluding carboxylic acids is 2. The monoisotopic (exact) mass is 440 g/mol. The molecule has 1 atom stereocenters. The number of Topliss-reactive ketones (excluding diaryl/α,β-unsaturated/α-hetero) is 1. The number of carbonyl (C=O) groups is 2. The summed E-state index contributed by atoms with van der Waals surface area (Å²) in [6.45, 7) is 3.58. The van der Waals surface area contributed by atoms with Crippen LogP contribution < -0.4 is 0 Å². The minimum Gasteiger partial charge on any atom is -0.294 e. The fourth-order valence-corrected chi connectivity index (χ4v) is 4.53. The van der Waals surface area contributed by atoms with Crippen molar-refractivity contribution in [1.82, 2.24) is 9.78 Å². The second kappa shape index (κ2) is 9.79. The van der Waals surface area contributed by atoms with Crippen LogP contribution in [-0.4, -0.2) is 20.7 Å². The first-order valence-corrected chi connectivity index (χ1v) is 11.4. The molecule has 0 amide bonds. The van der Waals surface area contributed by atoms with E-state index in [1.54, 1.807) is 0 Å². The first-order chi connectivity index (χ1) is 15.5. The molecule has 32 heavy (non-hydrogen) atoms. The van der Waals surface area contributed by atoms with E-state index in [4.69, 9.17) is 5.10 Å². The van der Waals surface area contributed by atoms with Crippen molar-refractivity contribution in [3.8, 4) is 16.9 Å². The van der Waals surface area contributed by atoms with Crippen LogP contribution in [0.25, 0.3) is 16.9 Å². The zero-order valence-electron chi connectivity index (χ0n) is 18.1. The summed E-state index contributed by atoms with van der Waals surface area (Å²) in [7, 11) is 0. The van der Waals surface area contributed by atoms with Crippen LogP contribution in [-0.2, 0) is 4.79 Å². The van der Waals surface area contributed by atoms with Gasteiger partial charge in [0.2, 0.25) is 0 Å². The lowest BCUT2D eigenvalue weighted by atomic mass is 9.99. The van der Waals surface area contributed by atoms with Gasteiger partial charge in [0, 0.05) is 41.5 Å². The van der Waals surface area contributed by atoms with Gasteiger partial charge in [-0.15, -0.1) is 0 Å². The number of para-hydroxylation sites is 1. The summed E-state index contributed by atoms with van der Waals surface area (Å²) in [6, 6.07) is 27.2. The molecule has 0 fully saturated rings. The van der Waals surface area contributed by atoms with Crippen LogP contribution in [0.1, 0.15) is 40.1 Å². The van der Waals surface area contributed by atoms with Gasteiger partial charge in [0.05, 0.1) is 11.4 Å². The molecule has 4 aromatic rings. The summed E-state index contributed by atoms with van der Waals surface area (Å²) in [5.41, 5.74) is 5.35. The van der Waals surface area contributed by atoms with E-state index in [1.807, 2.05) is 103 Å². The Morgan fingerprint density at radius 3 is 2.16 bits per heavy atom. The van der Waals surface area contributed by atoms with E-state index in [9.17, 15) is 9.59 Å². The predicted molar refractivity (Wildman–Crippen MR) is 130 cm³/mol. The fraction of sp³-hybridized carbons (Fsp3) is 0.148. The molecule has 3 aromatic carbocycles. The topological polar surface area (TPSA) is 52.0 Å². The number of hydrogen-bond acceptors (Lipinski definition) is 4. The zero-order valence-corrected chi connectivity index (χ0v) is 18.9. The molecule has 0 unspecified atom stereocenters. The lowest BCUT2D eigenvalue weighted by Gasteiger charge is -2.15.